The Labute approximate surface area is 184 Å². The van der Waals surface area contributed by atoms with E-state index in [0.717, 1.165) is 36.7 Å². The second-order valence-electron chi connectivity index (χ2n) is 8.29. The average molecular weight is 429 g/mol. The number of halogens is 1. The number of rotatable bonds is 3. The van der Waals surface area contributed by atoms with Crippen molar-refractivity contribution in [2.45, 2.75) is 27.2 Å². The molecular formula is C23H29ClN4O2. The molecule has 0 N–H and O–H groups in total. The molecule has 2 aromatic rings. The van der Waals surface area contributed by atoms with Crippen LogP contribution in [0, 0.1) is 19.8 Å². The van der Waals surface area contributed by atoms with Crippen molar-refractivity contribution in [2.24, 2.45) is 5.92 Å². The smallest absolute Gasteiger partial charge is 0.253 e. The summed E-state index contributed by atoms with van der Waals surface area (Å²) in [5, 5.41) is 0. The second-order valence-corrected chi connectivity index (χ2v) is 8.29. The Balaban J connectivity index is 0.00000256. The van der Waals surface area contributed by atoms with Crippen LogP contribution in [0.15, 0.2) is 36.5 Å². The third kappa shape index (κ3) is 4.43. The van der Waals surface area contributed by atoms with Crippen LogP contribution in [0.5, 0.6) is 0 Å². The second kappa shape index (κ2) is 9.04. The summed E-state index contributed by atoms with van der Waals surface area (Å²) < 4.78 is 0. The van der Waals surface area contributed by atoms with Crippen molar-refractivity contribution in [3.05, 3.63) is 53.2 Å². The lowest BCUT2D eigenvalue weighted by Gasteiger charge is -2.36. The maximum absolute atomic E-state index is 12.9. The van der Waals surface area contributed by atoms with E-state index in [0.29, 0.717) is 31.0 Å². The number of aromatic nitrogens is 1. The molecule has 30 heavy (non-hydrogen) atoms. The molecule has 1 aromatic carbocycles. The normalized spacial score (nSPS) is 19.1. The number of aryl methyl sites for hydroxylation is 2. The number of nitrogens with zero attached hydrogens (tertiary/aromatic N) is 4. The molecule has 7 heteroatoms. The highest BCUT2D eigenvalue weighted by Crippen LogP contribution is 2.25. The first kappa shape index (κ1) is 22.1. The van der Waals surface area contributed by atoms with Crippen LogP contribution in [0.3, 0.4) is 0 Å². The van der Waals surface area contributed by atoms with Crippen molar-refractivity contribution in [1.29, 1.82) is 0 Å². The number of carbonyl (C=O) groups is 2. The van der Waals surface area contributed by atoms with E-state index in [1.54, 1.807) is 0 Å². The molecule has 1 unspecified atom stereocenters. The Morgan fingerprint density at radius 2 is 1.73 bits per heavy atom. The molecule has 2 amide bonds. The van der Waals surface area contributed by atoms with E-state index in [1.807, 2.05) is 47.2 Å². The predicted octanol–water partition coefficient (Wildman–Crippen LogP) is 3.46. The van der Waals surface area contributed by atoms with Gasteiger partial charge in [-0.25, -0.2) is 4.98 Å². The molecule has 0 bridgehead atoms. The third-order valence-electron chi connectivity index (χ3n) is 5.80. The molecule has 2 saturated heterocycles. The first-order chi connectivity index (χ1) is 13.9. The highest BCUT2D eigenvalue weighted by molar-refractivity contribution is 5.97. The van der Waals surface area contributed by atoms with Crippen molar-refractivity contribution < 1.29 is 9.59 Å². The van der Waals surface area contributed by atoms with E-state index >= 15 is 0 Å². The SMILES string of the molecule is Cc1cnc(N2CCN(C(=O)c3ccc(N4CC(C)CC4=O)cc3)CC2)c(C)c1.Cl. The molecule has 6 nitrogen and oxygen atoms in total. The molecule has 4 rings (SSSR count). The molecule has 160 valence electrons. The summed E-state index contributed by atoms with van der Waals surface area (Å²) in [6.07, 6.45) is 2.49. The maximum atomic E-state index is 12.9. The van der Waals surface area contributed by atoms with Crippen LogP contribution in [-0.4, -0.2) is 54.4 Å². The minimum absolute atomic E-state index is 0. The number of hydrogen-bond acceptors (Lipinski definition) is 4. The quantitative estimate of drug-likeness (QED) is 0.751. The topological polar surface area (TPSA) is 56.8 Å². The van der Waals surface area contributed by atoms with Crippen LogP contribution in [0.25, 0.3) is 0 Å². The van der Waals surface area contributed by atoms with E-state index in [9.17, 15) is 9.59 Å². The van der Waals surface area contributed by atoms with E-state index in [4.69, 9.17) is 0 Å². The third-order valence-corrected chi connectivity index (χ3v) is 5.80. The molecule has 2 aliphatic heterocycles. The van der Waals surface area contributed by atoms with Gasteiger partial charge in [-0.05, 0) is 55.2 Å². The van der Waals surface area contributed by atoms with Crippen molar-refractivity contribution in [3.63, 3.8) is 0 Å². The number of amides is 2. The molecule has 3 heterocycles. The Kier molecular flexibility index (Phi) is 6.66. The number of anilines is 2. The lowest BCUT2D eigenvalue weighted by Crippen LogP contribution is -2.49. The lowest BCUT2D eigenvalue weighted by molar-refractivity contribution is -0.117. The van der Waals surface area contributed by atoms with Crippen LogP contribution < -0.4 is 9.80 Å². The molecule has 1 atom stereocenters. The number of carbonyl (C=O) groups excluding carboxylic acids is 2. The summed E-state index contributed by atoms with van der Waals surface area (Å²) in [7, 11) is 0. The van der Waals surface area contributed by atoms with Gasteiger partial charge in [0.2, 0.25) is 5.91 Å². The maximum Gasteiger partial charge on any atom is 0.253 e. The number of pyridine rings is 1. The van der Waals surface area contributed by atoms with E-state index < -0.39 is 0 Å². The van der Waals surface area contributed by atoms with E-state index in [2.05, 4.69) is 29.8 Å². The predicted molar refractivity (Wildman–Crippen MR) is 122 cm³/mol. The Morgan fingerprint density at radius 3 is 2.30 bits per heavy atom. The van der Waals surface area contributed by atoms with Crippen molar-refractivity contribution in [1.82, 2.24) is 9.88 Å². The molecule has 2 aliphatic rings. The monoisotopic (exact) mass is 428 g/mol. The summed E-state index contributed by atoms with van der Waals surface area (Å²) >= 11 is 0. The minimum Gasteiger partial charge on any atom is -0.353 e. The lowest BCUT2D eigenvalue weighted by atomic mass is 10.1. The van der Waals surface area contributed by atoms with E-state index in [-0.39, 0.29) is 24.2 Å². The standard InChI is InChI=1S/C23H28N4O2.ClH/c1-16-12-18(3)22(24-14-16)25-8-10-26(11-9-25)23(29)19-4-6-20(7-5-19)27-15-17(2)13-21(27)28;/h4-7,12,14,17H,8-11,13,15H2,1-3H3;1H. The summed E-state index contributed by atoms with van der Waals surface area (Å²) in [5.41, 5.74) is 3.88. The zero-order chi connectivity index (χ0) is 20.5. The van der Waals surface area contributed by atoms with Crippen LogP contribution >= 0.6 is 12.4 Å². The first-order valence-corrected chi connectivity index (χ1v) is 10.3. The Hall–Kier alpha value is -2.60. The van der Waals surface area contributed by atoms with Crippen molar-refractivity contribution in [2.75, 3.05) is 42.5 Å². The summed E-state index contributed by atoms with van der Waals surface area (Å²) in [6, 6.07) is 9.60. The molecule has 0 radical (unpaired) electrons. The Morgan fingerprint density at radius 1 is 1.07 bits per heavy atom. The van der Waals surface area contributed by atoms with Gasteiger partial charge in [0.25, 0.3) is 5.91 Å². The van der Waals surface area contributed by atoms with Gasteiger partial charge in [0.1, 0.15) is 5.82 Å². The molecule has 1 aromatic heterocycles. The molecule has 0 saturated carbocycles. The summed E-state index contributed by atoms with van der Waals surface area (Å²) in [4.78, 5) is 35.5. The van der Waals surface area contributed by atoms with E-state index in [1.165, 1.54) is 5.56 Å². The molecule has 0 aliphatic carbocycles. The first-order valence-electron chi connectivity index (χ1n) is 10.3. The largest absolute Gasteiger partial charge is 0.353 e. The van der Waals surface area contributed by atoms with Gasteiger partial charge in [-0.1, -0.05) is 13.0 Å². The zero-order valence-electron chi connectivity index (χ0n) is 17.8. The van der Waals surface area contributed by atoms with Gasteiger partial charge in [0.05, 0.1) is 0 Å². The van der Waals surface area contributed by atoms with Gasteiger partial charge < -0.3 is 14.7 Å². The number of piperazine rings is 1. The number of hydrogen-bond donors (Lipinski definition) is 0. The number of benzene rings is 1. The van der Waals surface area contributed by atoms with Gasteiger partial charge in [-0.3, -0.25) is 9.59 Å². The Bertz CT molecular complexity index is 923. The fourth-order valence-corrected chi connectivity index (χ4v) is 4.26. The average Bonchev–Trinajstić information content (AvgIpc) is 3.06. The molecular weight excluding hydrogens is 400 g/mol. The van der Waals surface area contributed by atoms with Gasteiger partial charge >= 0.3 is 0 Å². The fraction of sp³-hybridized carbons (Fsp3) is 0.435. The molecule has 2 fully saturated rings. The molecule has 0 spiro atoms. The van der Waals surface area contributed by atoms with Crippen LogP contribution in [0.1, 0.15) is 34.8 Å². The van der Waals surface area contributed by atoms with Crippen LogP contribution in [0.4, 0.5) is 11.5 Å². The van der Waals surface area contributed by atoms with Crippen LogP contribution in [-0.2, 0) is 4.79 Å². The summed E-state index contributed by atoms with van der Waals surface area (Å²) in [6.45, 7) is 9.88. The fourth-order valence-electron chi connectivity index (χ4n) is 4.26. The van der Waals surface area contributed by atoms with Gasteiger partial charge in [-0.2, -0.15) is 0 Å². The van der Waals surface area contributed by atoms with Gasteiger partial charge in [0, 0.05) is 56.6 Å². The van der Waals surface area contributed by atoms with Crippen molar-refractivity contribution >= 4 is 35.7 Å². The summed E-state index contributed by atoms with van der Waals surface area (Å²) in [5.74, 6) is 1.60. The van der Waals surface area contributed by atoms with Gasteiger partial charge in [-0.15, -0.1) is 12.4 Å². The van der Waals surface area contributed by atoms with Crippen LogP contribution in [0.2, 0.25) is 0 Å². The van der Waals surface area contributed by atoms with Gasteiger partial charge in [0.15, 0.2) is 0 Å². The minimum atomic E-state index is 0. The highest BCUT2D eigenvalue weighted by Gasteiger charge is 2.28. The zero-order valence-corrected chi connectivity index (χ0v) is 18.6. The highest BCUT2D eigenvalue weighted by atomic mass is 35.5. The van der Waals surface area contributed by atoms with Crippen molar-refractivity contribution in [3.8, 4) is 0 Å².